The first-order chi connectivity index (χ1) is 56.0. The zero-order valence-corrected chi connectivity index (χ0v) is 69.5. The van der Waals surface area contributed by atoms with Gasteiger partial charge in [-0.2, -0.15) is 0 Å². The van der Waals surface area contributed by atoms with Crippen LogP contribution in [0.1, 0.15) is 128 Å². The molecule has 608 valence electrons. The fourth-order valence-electron chi connectivity index (χ4n) is 10.9. The summed E-state index contributed by atoms with van der Waals surface area (Å²) in [4.78, 5) is 121. The number of ether oxygens (including phenoxy) is 9. The van der Waals surface area contributed by atoms with Crippen LogP contribution in [0.5, 0.6) is 46.0 Å². The fraction of sp³-hybridized carbons (Fsp3) is 0.236. The van der Waals surface area contributed by atoms with E-state index in [1.54, 1.807) is 153 Å². The van der Waals surface area contributed by atoms with Gasteiger partial charge in [0.2, 0.25) is 6.08 Å². The number of nitrogens with one attached hydrogen (secondary N) is 2. The number of phenols is 4. The topological polar surface area (TPSA) is 371 Å². The average Bonchev–Trinajstić information content (AvgIpc) is 0.791. The molecule has 0 saturated heterocycles. The van der Waals surface area contributed by atoms with Crippen LogP contribution in [0.3, 0.4) is 0 Å². The Morgan fingerprint density at radius 1 is 0.350 bits per heavy atom. The molecule has 8 aromatic rings. The van der Waals surface area contributed by atoms with Crippen LogP contribution in [-0.4, -0.2) is 143 Å². The molecule has 6 N–H and O–H groups in total. The molecule has 2 amide bonds. The van der Waals surface area contributed by atoms with Crippen LogP contribution in [0.2, 0.25) is 0 Å². The minimum absolute atomic E-state index is 0. The van der Waals surface area contributed by atoms with E-state index in [4.69, 9.17) is 39.2 Å². The minimum Gasteiger partial charge on any atom is -0.508 e. The van der Waals surface area contributed by atoms with Gasteiger partial charge in [-0.25, -0.2) is 43.3 Å². The maximum absolute atomic E-state index is 12.8. The minimum atomic E-state index is -0.787. The zero-order chi connectivity index (χ0) is 85.9. The number of carbonyl (C=O) groups excluding carboxylic acids is 10. The summed E-state index contributed by atoms with van der Waals surface area (Å²) in [5.41, 5.74) is 8.17. The van der Waals surface area contributed by atoms with Crippen LogP contribution in [0.15, 0.2) is 260 Å². The normalized spacial score (nSPS) is 10.3. The van der Waals surface area contributed by atoms with E-state index >= 15 is 0 Å². The van der Waals surface area contributed by atoms with Crippen molar-refractivity contribution in [3.8, 4) is 46.0 Å². The van der Waals surface area contributed by atoms with Crippen LogP contribution < -0.4 is 29.6 Å². The Kier molecular flexibility index (Phi) is 40.6. The molecule has 0 heterocycles. The van der Waals surface area contributed by atoms with Crippen molar-refractivity contribution in [3.63, 3.8) is 0 Å². The second-order valence-corrected chi connectivity index (χ2v) is 25.9. The Hall–Kier alpha value is -13.0. The molecule has 0 aliphatic carbocycles. The number of aliphatic imine (C=N–C) groups is 1. The predicted octanol–water partition coefficient (Wildman–Crippen LogP) is 13.9. The summed E-state index contributed by atoms with van der Waals surface area (Å²) < 4.78 is 52.3. The molecule has 0 fully saturated rings. The van der Waals surface area contributed by atoms with E-state index < -0.39 is 65.8 Å². The third-order valence-electron chi connectivity index (χ3n) is 16.5. The number of phenolic OH excluding ortho intramolecular Hbond substituents is 4. The zero-order valence-electron chi connectivity index (χ0n) is 66.4. The van der Waals surface area contributed by atoms with Gasteiger partial charge in [0, 0.05) is 104 Å². The standard InChI is InChI=1S/C56H60N2O16.C26H22O4.C7H9NO3.BH.U/c1-35(2)51(61)67-31-9-11-47(59)71-43-21-13-39(14-22-43)49(40-15-23-44(24-16-40)72-48(60)12-10-32-68-52(62)36(3)4)50(41-17-25-45(26-18-41)73-55(65)57-29-33-69-53(63)37(5)6)42-19-27-46(28-20-42)74-56(66)58-30-34-70-54(64)38(7)8;27-21-9-1-17(2-10-21)25(18-3-11-22(28)12-4-18)26(19-5-13-23(29)14-6-19)20-7-15-24(30)16-8-20;1-6(2)7(10)11-4-3-8-5-9;;/h13-28,49-50H,1,3,5,7,9-12,29-34H2,2,4,6,8H3,(H,57,65)(H,58,66);1-16,25-30H;1,3-4H2,2H3;1H;/i;;;1D;. The smallest absolute Gasteiger partial charge is 0.412 e. The van der Waals surface area contributed by atoms with Crippen molar-refractivity contribution >= 4 is 68.4 Å². The molecule has 0 saturated carbocycles. The molecular formula is C89H92BN3O23U. The van der Waals surface area contributed by atoms with Crippen molar-refractivity contribution in [2.75, 3.05) is 52.7 Å². The van der Waals surface area contributed by atoms with E-state index in [1.165, 1.54) is 33.8 Å². The maximum Gasteiger partial charge on any atom is 0.412 e. The first-order valence-electron chi connectivity index (χ1n) is 36.6. The predicted molar refractivity (Wildman–Crippen MR) is 432 cm³/mol. The molecule has 0 unspecified atom stereocenters. The van der Waals surface area contributed by atoms with Gasteiger partial charge in [-0.05, 0) is 190 Å². The number of hydrogen-bond acceptors (Lipinski definition) is 24. The number of hydrogen-bond donors (Lipinski definition) is 6. The van der Waals surface area contributed by atoms with Gasteiger partial charge in [-0.1, -0.05) is 130 Å². The molecule has 28 heteroatoms. The molecule has 0 aromatic heterocycles. The summed E-state index contributed by atoms with van der Waals surface area (Å²) in [6.45, 7) is 25.2. The van der Waals surface area contributed by atoms with E-state index in [0.717, 1.165) is 44.5 Å². The van der Waals surface area contributed by atoms with Gasteiger partial charge in [0.05, 0.1) is 32.8 Å². The molecule has 0 spiro atoms. The van der Waals surface area contributed by atoms with Gasteiger partial charge in [0.1, 0.15) is 65.8 Å². The van der Waals surface area contributed by atoms with Crippen LogP contribution in [0.4, 0.5) is 9.59 Å². The molecule has 8 rings (SSSR count). The average molecular weight is 1820 g/mol. The van der Waals surface area contributed by atoms with E-state index in [1.807, 2.05) is 48.5 Å². The quantitative estimate of drug-likeness (QED) is 0.00310. The van der Waals surface area contributed by atoms with E-state index in [0.29, 0.717) is 5.57 Å². The number of esters is 7. The number of aromatic hydroxyl groups is 4. The number of amides is 2. The molecule has 117 heavy (non-hydrogen) atoms. The molecule has 0 bridgehead atoms. The monoisotopic (exact) mass is 1820 g/mol. The van der Waals surface area contributed by atoms with Crippen molar-refractivity contribution in [2.24, 2.45) is 4.99 Å². The molecule has 0 aliphatic rings. The van der Waals surface area contributed by atoms with Crippen molar-refractivity contribution in [1.29, 1.82) is 1.34 Å². The van der Waals surface area contributed by atoms with Crippen molar-refractivity contribution in [3.05, 3.63) is 299 Å². The maximum atomic E-state index is 12.8. The van der Waals surface area contributed by atoms with Crippen molar-refractivity contribution < 1.29 is 142 Å². The van der Waals surface area contributed by atoms with E-state index in [2.05, 4.69) is 61.6 Å². The summed E-state index contributed by atoms with van der Waals surface area (Å²) in [5, 5.41) is 44.2. The number of rotatable bonds is 36. The van der Waals surface area contributed by atoms with Gasteiger partial charge in [0.15, 0.2) is 0 Å². The summed E-state index contributed by atoms with van der Waals surface area (Å²) in [5.74, 6) is -3.53. The van der Waals surface area contributed by atoms with Gasteiger partial charge in [-0.3, -0.25) is 9.59 Å². The number of isocyanates is 1. The van der Waals surface area contributed by atoms with Crippen LogP contribution >= 0.6 is 0 Å². The number of nitrogens with zero attached hydrogens (tertiary/aromatic N) is 1. The van der Waals surface area contributed by atoms with Crippen molar-refractivity contribution in [1.82, 2.24) is 10.6 Å². The van der Waals surface area contributed by atoms with Gasteiger partial charge in [0.25, 0.3) is 0 Å². The third kappa shape index (κ3) is 33.5. The number of benzene rings is 8. The Labute approximate surface area is 705 Å². The molecule has 2 radical (unpaired) electrons. The van der Waals surface area contributed by atoms with E-state index in [9.17, 15) is 68.4 Å². The van der Waals surface area contributed by atoms with Gasteiger partial charge < -0.3 is 73.7 Å². The number of carbonyl (C=O) groups is 9. The SMILES string of the molecule is C=C(C)C(=O)OCCCC(=O)Oc1ccc(C(c2ccc(OC(=O)CCCOC(=O)C(=C)C)cc2)C(c2ccc(OC(=O)NCCOC(=O)C(=C)C)cc2)c2ccc(OC(=O)NCCOC(=O)C(=C)C)cc2)cc1.C=C(C)C(=O)OCCN=C=O.Oc1ccc(C(c2ccc(O)cc2)C(c2ccc(O)cc2)c2ccc(O)cc2)cc1.[2H][B].[U]. The van der Waals surface area contributed by atoms with Gasteiger partial charge >= 0.3 is 54.0 Å². The van der Waals surface area contributed by atoms with E-state index in [-0.39, 0.29) is 190 Å². The fourth-order valence-corrected chi connectivity index (χ4v) is 10.9. The Morgan fingerprint density at radius 3 is 0.778 bits per heavy atom. The van der Waals surface area contributed by atoms with Crippen LogP contribution in [0, 0.1) is 31.1 Å². The van der Waals surface area contributed by atoms with Crippen LogP contribution in [-0.2, 0) is 62.0 Å². The van der Waals surface area contributed by atoms with Gasteiger partial charge in [-0.15, -0.1) is 0 Å². The molecule has 8 aromatic carbocycles. The molecule has 0 aliphatic heterocycles. The van der Waals surface area contributed by atoms with Crippen molar-refractivity contribution in [2.45, 2.75) is 84.0 Å². The first-order valence-corrected chi connectivity index (χ1v) is 36.1. The summed E-state index contributed by atoms with van der Waals surface area (Å²) in [7, 11) is 3.75. The Balaban J connectivity index is 0.000000539. The largest absolute Gasteiger partial charge is 0.508 e. The second kappa shape index (κ2) is 50.3. The molecule has 0 atom stereocenters. The summed E-state index contributed by atoms with van der Waals surface area (Å²) in [6.07, 6.45) is 0.188. The summed E-state index contributed by atoms with van der Waals surface area (Å²) >= 11 is 0. The van der Waals surface area contributed by atoms with Crippen LogP contribution in [0.25, 0.3) is 0 Å². The molecule has 26 nitrogen and oxygen atoms in total. The third-order valence-corrected chi connectivity index (χ3v) is 16.5. The first kappa shape index (κ1) is 94.6. The summed E-state index contributed by atoms with van der Waals surface area (Å²) in [6, 6.07) is 55.7. The molecular weight excluding hydrogens is 1730 g/mol. The Morgan fingerprint density at radius 2 is 0.556 bits per heavy atom. The Bertz CT molecular complexity index is 4200. The second-order valence-electron chi connectivity index (χ2n) is 25.9.